The first-order chi connectivity index (χ1) is 15.2. The normalized spacial score (nSPS) is 20.1. The number of nitrogens with zero attached hydrogens (tertiary/aromatic N) is 8. The van der Waals surface area contributed by atoms with Gasteiger partial charge in [0.05, 0.1) is 36.7 Å². The van der Waals surface area contributed by atoms with Crippen LogP contribution in [0.25, 0.3) is 11.2 Å². The number of hydrogen-bond acceptors (Lipinski definition) is 8. The van der Waals surface area contributed by atoms with Crippen LogP contribution in [-0.2, 0) is 11.8 Å². The minimum atomic E-state index is -4.22. The van der Waals surface area contributed by atoms with E-state index in [9.17, 15) is 13.2 Å². The highest BCUT2D eigenvalue weighted by atomic mass is 19.4. The summed E-state index contributed by atoms with van der Waals surface area (Å²) in [6.45, 7) is 4.88. The summed E-state index contributed by atoms with van der Waals surface area (Å²) in [5.74, 6) is -0.558. The Morgan fingerprint density at radius 3 is 2.44 bits per heavy atom. The average molecular weight is 448 g/mol. The molecule has 0 amide bonds. The van der Waals surface area contributed by atoms with Crippen LogP contribution in [0.4, 0.5) is 24.9 Å². The van der Waals surface area contributed by atoms with Gasteiger partial charge in [0.2, 0.25) is 5.95 Å². The van der Waals surface area contributed by atoms with Crippen LogP contribution in [0, 0.1) is 19.8 Å². The molecule has 5 heterocycles. The molecule has 170 valence electrons. The van der Waals surface area contributed by atoms with E-state index in [1.54, 1.807) is 15.8 Å². The van der Waals surface area contributed by atoms with Gasteiger partial charge in [-0.15, -0.1) is 0 Å². The fourth-order valence-corrected chi connectivity index (χ4v) is 3.95. The summed E-state index contributed by atoms with van der Waals surface area (Å²) in [6.07, 6.45) is -0.766. The van der Waals surface area contributed by atoms with Crippen molar-refractivity contribution in [3.8, 4) is 0 Å². The molecular formula is C20H23F3N8O. The Morgan fingerprint density at radius 1 is 1.00 bits per heavy atom. The van der Waals surface area contributed by atoms with E-state index in [-0.39, 0.29) is 19.2 Å². The number of rotatable bonds is 3. The van der Waals surface area contributed by atoms with Crippen molar-refractivity contribution in [3.05, 3.63) is 29.3 Å². The fraction of sp³-hybridized carbons (Fsp3) is 0.550. The Labute approximate surface area is 182 Å². The maximum absolute atomic E-state index is 13.1. The van der Waals surface area contributed by atoms with E-state index in [1.165, 1.54) is 0 Å². The van der Waals surface area contributed by atoms with Gasteiger partial charge in [0.25, 0.3) is 0 Å². The van der Waals surface area contributed by atoms with Crippen LogP contribution >= 0.6 is 0 Å². The summed E-state index contributed by atoms with van der Waals surface area (Å²) in [6, 6.07) is 0. The van der Waals surface area contributed by atoms with Crippen molar-refractivity contribution in [2.24, 2.45) is 13.0 Å². The standard InChI is InChI=1S/C20H23F3N8O/c1-11-12(2)26-17-16(25-11)18(31-8-14(9-31)20(21,22)23)28-19(27-17)30-4-5-32-15(10-30)13-6-24-29(3)7-13/h6-7,14-15H,4-5,8-10H2,1-3H3/t15-/m1/s1. The molecule has 0 radical (unpaired) electrons. The Morgan fingerprint density at radius 2 is 1.75 bits per heavy atom. The van der Waals surface area contributed by atoms with Crippen LogP contribution in [0.1, 0.15) is 23.1 Å². The third-order valence-electron chi connectivity index (χ3n) is 6.00. The Balaban J connectivity index is 1.50. The van der Waals surface area contributed by atoms with Gasteiger partial charge in [-0.05, 0) is 13.8 Å². The molecule has 2 aliphatic heterocycles. The van der Waals surface area contributed by atoms with Gasteiger partial charge in [-0.2, -0.15) is 28.2 Å². The van der Waals surface area contributed by atoms with Crippen LogP contribution in [0.5, 0.6) is 0 Å². The van der Waals surface area contributed by atoms with Crippen molar-refractivity contribution in [3.63, 3.8) is 0 Å². The zero-order valence-corrected chi connectivity index (χ0v) is 18.0. The number of anilines is 2. The number of aromatic nitrogens is 6. The van der Waals surface area contributed by atoms with Gasteiger partial charge in [-0.25, -0.2) is 9.97 Å². The van der Waals surface area contributed by atoms with Crippen molar-refractivity contribution in [2.45, 2.75) is 26.1 Å². The predicted molar refractivity (Wildman–Crippen MR) is 110 cm³/mol. The molecule has 0 spiro atoms. The van der Waals surface area contributed by atoms with E-state index in [0.29, 0.717) is 48.3 Å². The smallest absolute Gasteiger partial charge is 0.370 e. The van der Waals surface area contributed by atoms with Gasteiger partial charge in [0.15, 0.2) is 17.0 Å². The molecule has 5 rings (SSSR count). The largest absolute Gasteiger partial charge is 0.395 e. The number of aryl methyl sites for hydroxylation is 3. The first-order valence-electron chi connectivity index (χ1n) is 10.4. The van der Waals surface area contributed by atoms with Crippen LogP contribution < -0.4 is 9.80 Å². The van der Waals surface area contributed by atoms with Crippen LogP contribution in [0.2, 0.25) is 0 Å². The number of fused-ring (bicyclic) bond motifs is 1. The van der Waals surface area contributed by atoms with Crippen molar-refractivity contribution in [2.75, 3.05) is 42.6 Å². The molecule has 0 bridgehead atoms. The minimum absolute atomic E-state index is 0.148. The molecule has 9 nitrogen and oxygen atoms in total. The van der Waals surface area contributed by atoms with E-state index in [2.05, 4.69) is 25.0 Å². The molecule has 2 aliphatic rings. The van der Waals surface area contributed by atoms with Crippen molar-refractivity contribution >= 4 is 22.9 Å². The Kier molecular flexibility index (Phi) is 4.91. The Bertz CT molecular complexity index is 1160. The second kappa shape index (κ2) is 7.54. The molecule has 0 unspecified atom stereocenters. The fourth-order valence-electron chi connectivity index (χ4n) is 3.95. The van der Waals surface area contributed by atoms with Crippen LogP contribution in [0.3, 0.4) is 0 Å². The van der Waals surface area contributed by atoms with Gasteiger partial charge in [0, 0.05) is 38.4 Å². The first kappa shape index (κ1) is 20.9. The lowest BCUT2D eigenvalue weighted by molar-refractivity contribution is -0.180. The van der Waals surface area contributed by atoms with Gasteiger partial charge in [-0.1, -0.05) is 0 Å². The SMILES string of the molecule is Cc1nc2nc(N3CCO[C@@H](c4cnn(C)c4)C3)nc(N3CC(C(F)(F)F)C3)c2nc1C. The number of alkyl halides is 3. The molecule has 0 aromatic carbocycles. The highest BCUT2D eigenvalue weighted by Gasteiger charge is 2.48. The third kappa shape index (κ3) is 3.72. The van der Waals surface area contributed by atoms with E-state index < -0.39 is 12.1 Å². The summed E-state index contributed by atoms with van der Waals surface area (Å²) in [5.41, 5.74) is 3.17. The van der Waals surface area contributed by atoms with E-state index >= 15 is 0 Å². The molecule has 1 atom stereocenters. The Hall–Kier alpha value is -3.02. The van der Waals surface area contributed by atoms with E-state index in [4.69, 9.17) is 4.74 Å². The van der Waals surface area contributed by atoms with Gasteiger partial charge < -0.3 is 14.5 Å². The summed E-state index contributed by atoms with van der Waals surface area (Å²) in [5, 5.41) is 4.20. The molecule has 0 N–H and O–H groups in total. The predicted octanol–water partition coefficient (Wildman–Crippen LogP) is 2.35. The number of halogens is 3. The lowest BCUT2D eigenvalue weighted by Gasteiger charge is -2.41. The maximum atomic E-state index is 13.1. The summed E-state index contributed by atoms with van der Waals surface area (Å²) < 4.78 is 46.9. The molecule has 2 fully saturated rings. The first-order valence-corrected chi connectivity index (χ1v) is 10.4. The van der Waals surface area contributed by atoms with Gasteiger partial charge >= 0.3 is 6.18 Å². The topological polar surface area (TPSA) is 85.1 Å². The average Bonchev–Trinajstić information content (AvgIpc) is 3.13. The van der Waals surface area contributed by atoms with E-state index in [0.717, 1.165) is 11.3 Å². The number of hydrogen-bond donors (Lipinski definition) is 0. The summed E-state index contributed by atoms with van der Waals surface area (Å²) >= 11 is 0. The van der Waals surface area contributed by atoms with Gasteiger partial charge in [-0.3, -0.25) is 4.68 Å². The molecule has 3 aromatic heterocycles. The molecule has 3 aromatic rings. The lowest BCUT2D eigenvalue weighted by atomic mass is 9.99. The summed E-state index contributed by atoms with van der Waals surface area (Å²) in [4.78, 5) is 22.0. The summed E-state index contributed by atoms with van der Waals surface area (Å²) in [7, 11) is 1.84. The zero-order valence-electron chi connectivity index (χ0n) is 18.0. The zero-order chi connectivity index (χ0) is 22.6. The van der Waals surface area contributed by atoms with Crippen molar-refractivity contribution < 1.29 is 17.9 Å². The second-order valence-electron chi connectivity index (χ2n) is 8.31. The van der Waals surface area contributed by atoms with Crippen molar-refractivity contribution in [1.82, 2.24) is 29.7 Å². The molecule has 12 heteroatoms. The van der Waals surface area contributed by atoms with Crippen LogP contribution in [-0.4, -0.2) is 68.7 Å². The van der Waals surface area contributed by atoms with Crippen LogP contribution in [0.15, 0.2) is 12.4 Å². The third-order valence-corrected chi connectivity index (χ3v) is 6.00. The number of morpholine rings is 1. The lowest BCUT2D eigenvalue weighted by Crippen LogP contribution is -2.54. The highest BCUT2D eigenvalue weighted by Crippen LogP contribution is 2.38. The molecule has 0 saturated carbocycles. The maximum Gasteiger partial charge on any atom is 0.395 e. The monoisotopic (exact) mass is 448 g/mol. The quantitative estimate of drug-likeness (QED) is 0.604. The molecule has 0 aliphatic carbocycles. The highest BCUT2D eigenvalue weighted by molar-refractivity contribution is 5.85. The van der Waals surface area contributed by atoms with E-state index in [1.807, 2.05) is 32.0 Å². The number of ether oxygens (including phenoxy) is 1. The molecular weight excluding hydrogens is 425 g/mol. The minimum Gasteiger partial charge on any atom is -0.370 e. The molecule has 32 heavy (non-hydrogen) atoms. The second-order valence-corrected chi connectivity index (χ2v) is 8.31. The van der Waals surface area contributed by atoms with Crippen molar-refractivity contribution in [1.29, 1.82) is 0 Å². The van der Waals surface area contributed by atoms with Gasteiger partial charge in [0.1, 0.15) is 6.10 Å². The molecule has 2 saturated heterocycles.